The molecule has 3 nitrogen and oxygen atoms in total. The van der Waals surface area contributed by atoms with Crippen LogP contribution in [0.2, 0.25) is 0 Å². The van der Waals surface area contributed by atoms with Crippen LogP contribution in [0.25, 0.3) is 0 Å². The van der Waals surface area contributed by atoms with Gasteiger partial charge >= 0.3 is 6.09 Å². The summed E-state index contributed by atoms with van der Waals surface area (Å²) in [6, 6.07) is 4.06. The largest absolute Gasteiger partial charge is 0.412 e. The van der Waals surface area contributed by atoms with Crippen molar-refractivity contribution in [1.29, 1.82) is 0 Å². The smallest absolute Gasteiger partial charge is 0.410 e. The zero-order valence-electron chi connectivity index (χ0n) is 12.5. The summed E-state index contributed by atoms with van der Waals surface area (Å²) in [6.45, 7) is 6.70. The van der Waals surface area contributed by atoms with E-state index in [1.165, 1.54) is 16.7 Å². The second-order valence-corrected chi connectivity index (χ2v) is 6.66. The van der Waals surface area contributed by atoms with Crippen LogP contribution in [-0.2, 0) is 5.41 Å². The summed E-state index contributed by atoms with van der Waals surface area (Å²) >= 11 is 0. The molecule has 1 aromatic rings. The molecule has 0 saturated carbocycles. The molecule has 106 valence electrons. The van der Waals surface area contributed by atoms with E-state index in [1.54, 1.807) is 7.05 Å². The Labute approximate surface area is 120 Å². The number of amides is 1. The van der Waals surface area contributed by atoms with Gasteiger partial charge in [-0.3, -0.25) is 0 Å². The lowest BCUT2D eigenvalue weighted by Crippen LogP contribution is -2.23. The molecule has 0 heterocycles. The number of fused-ring (bicyclic) bond motifs is 5. The van der Waals surface area contributed by atoms with E-state index >= 15 is 0 Å². The Morgan fingerprint density at radius 2 is 1.85 bits per heavy atom. The molecule has 2 aliphatic rings. The molecule has 1 N–H and O–H groups in total. The number of carbonyl (C=O) groups is 1. The van der Waals surface area contributed by atoms with Gasteiger partial charge in [-0.25, -0.2) is 4.79 Å². The molecule has 3 rings (SSSR count). The van der Waals surface area contributed by atoms with Crippen LogP contribution in [0.4, 0.5) is 4.79 Å². The van der Waals surface area contributed by atoms with E-state index in [0.29, 0.717) is 17.6 Å². The van der Waals surface area contributed by atoms with E-state index in [0.717, 1.165) is 6.42 Å². The Balaban J connectivity index is 2.12. The first-order chi connectivity index (χ1) is 9.41. The number of nitrogens with one attached hydrogen (secondary N) is 1. The lowest BCUT2D eigenvalue weighted by Gasteiger charge is -2.27. The van der Waals surface area contributed by atoms with Gasteiger partial charge in [0.25, 0.3) is 0 Å². The minimum Gasteiger partial charge on any atom is -0.410 e. The molecule has 1 amide bonds. The number of hydrogen-bond donors (Lipinski definition) is 1. The van der Waals surface area contributed by atoms with Crippen LogP contribution >= 0.6 is 0 Å². The van der Waals surface area contributed by atoms with Gasteiger partial charge < -0.3 is 10.1 Å². The predicted molar refractivity (Wildman–Crippen MR) is 79.5 cm³/mol. The Morgan fingerprint density at radius 3 is 2.45 bits per heavy atom. The summed E-state index contributed by atoms with van der Waals surface area (Å²) in [5, 5.41) is 2.51. The SMILES string of the molecule is CNC(=O)Oc1ccc(C(C)(C)C)c2c1C1C=CC2C1. The van der Waals surface area contributed by atoms with Crippen molar-refractivity contribution >= 4 is 6.09 Å². The van der Waals surface area contributed by atoms with E-state index in [-0.39, 0.29) is 5.41 Å². The first kappa shape index (κ1) is 13.2. The highest BCUT2D eigenvalue weighted by molar-refractivity contribution is 5.72. The molecule has 0 spiro atoms. The predicted octanol–water partition coefficient (Wildman–Crippen LogP) is 3.84. The molecule has 1 aromatic carbocycles. The van der Waals surface area contributed by atoms with Crippen LogP contribution in [0.3, 0.4) is 0 Å². The lowest BCUT2D eigenvalue weighted by molar-refractivity contribution is 0.202. The maximum Gasteiger partial charge on any atom is 0.412 e. The minimum atomic E-state index is -0.400. The summed E-state index contributed by atoms with van der Waals surface area (Å²) in [7, 11) is 1.58. The topological polar surface area (TPSA) is 38.3 Å². The molecule has 0 aliphatic heterocycles. The molecule has 2 bridgehead atoms. The van der Waals surface area contributed by atoms with Crippen LogP contribution in [-0.4, -0.2) is 13.1 Å². The normalized spacial score (nSPS) is 22.8. The number of hydrogen-bond acceptors (Lipinski definition) is 2. The molecule has 2 unspecified atom stereocenters. The second kappa shape index (κ2) is 4.37. The minimum absolute atomic E-state index is 0.105. The summed E-state index contributed by atoms with van der Waals surface area (Å²) in [6.07, 6.45) is 5.26. The molecule has 0 radical (unpaired) electrons. The lowest BCUT2D eigenvalue weighted by atomic mass is 9.79. The third-order valence-corrected chi connectivity index (χ3v) is 4.29. The number of ether oxygens (including phenoxy) is 1. The fourth-order valence-electron chi connectivity index (χ4n) is 3.42. The molecular formula is C17H21NO2. The van der Waals surface area contributed by atoms with E-state index in [1.807, 2.05) is 6.07 Å². The summed E-state index contributed by atoms with van der Waals surface area (Å²) in [5.41, 5.74) is 4.07. The molecule has 2 atom stereocenters. The van der Waals surface area contributed by atoms with Crippen LogP contribution in [0.15, 0.2) is 24.3 Å². The molecular weight excluding hydrogens is 250 g/mol. The van der Waals surface area contributed by atoms with Crippen LogP contribution < -0.4 is 10.1 Å². The first-order valence-corrected chi connectivity index (χ1v) is 7.17. The van der Waals surface area contributed by atoms with Crippen molar-refractivity contribution in [2.24, 2.45) is 0 Å². The molecule has 0 saturated heterocycles. The third kappa shape index (κ3) is 1.92. The van der Waals surface area contributed by atoms with E-state index < -0.39 is 6.09 Å². The average molecular weight is 271 g/mol. The first-order valence-electron chi connectivity index (χ1n) is 7.17. The highest BCUT2D eigenvalue weighted by atomic mass is 16.6. The fourth-order valence-corrected chi connectivity index (χ4v) is 3.42. The third-order valence-electron chi connectivity index (χ3n) is 4.29. The molecule has 20 heavy (non-hydrogen) atoms. The average Bonchev–Trinajstić information content (AvgIpc) is 2.98. The van der Waals surface area contributed by atoms with Crippen LogP contribution in [0.1, 0.15) is 55.7 Å². The Bertz CT molecular complexity index is 596. The molecule has 2 aliphatic carbocycles. The van der Waals surface area contributed by atoms with Crippen molar-refractivity contribution in [3.8, 4) is 5.75 Å². The monoisotopic (exact) mass is 271 g/mol. The van der Waals surface area contributed by atoms with Crippen LogP contribution in [0.5, 0.6) is 5.75 Å². The molecule has 3 heteroatoms. The number of carbonyl (C=O) groups excluding carboxylic acids is 1. The van der Waals surface area contributed by atoms with Crippen molar-refractivity contribution in [3.05, 3.63) is 41.0 Å². The van der Waals surface area contributed by atoms with Crippen molar-refractivity contribution in [2.75, 3.05) is 7.05 Å². The van der Waals surface area contributed by atoms with Gasteiger partial charge in [-0.1, -0.05) is 39.0 Å². The van der Waals surface area contributed by atoms with Gasteiger partial charge in [0.15, 0.2) is 0 Å². The maximum absolute atomic E-state index is 11.5. The van der Waals surface area contributed by atoms with Crippen molar-refractivity contribution < 1.29 is 9.53 Å². The van der Waals surface area contributed by atoms with E-state index in [2.05, 4.69) is 44.3 Å². The van der Waals surface area contributed by atoms with Crippen LogP contribution in [0, 0.1) is 0 Å². The summed E-state index contributed by atoms with van der Waals surface area (Å²) in [4.78, 5) is 11.5. The Kier molecular flexibility index (Phi) is 2.89. The van der Waals surface area contributed by atoms with Gasteiger partial charge in [-0.05, 0) is 29.0 Å². The quantitative estimate of drug-likeness (QED) is 0.788. The van der Waals surface area contributed by atoms with Gasteiger partial charge in [0, 0.05) is 24.4 Å². The Morgan fingerprint density at radius 1 is 1.20 bits per heavy atom. The number of allylic oxidation sites excluding steroid dienone is 2. The zero-order chi connectivity index (χ0) is 14.5. The molecule has 0 fully saturated rings. The zero-order valence-corrected chi connectivity index (χ0v) is 12.5. The highest BCUT2D eigenvalue weighted by Gasteiger charge is 2.39. The van der Waals surface area contributed by atoms with Crippen molar-refractivity contribution in [3.63, 3.8) is 0 Å². The second-order valence-electron chi connectivity index (χ2n) is 6.66. The van der Waals surface area contributed by atoms with E-state index in [4.69, 9.17) is 4.74 Å². The highest BCUT2D eigenvalue weighted by Crippen LogP contribution is 2.54. The fraction of sp³-hybridized carbons (Fsp3) is 0.471. The van der Waals surface area contributed by atoms with Crippen molar-refractivity contribution in [1.82, 2.24) is 5.32 Å². The summed E-state index contributed by atoms with van der Waals surface area (Å²) < 4.78 is 5.44. The van der Waals surface area contributed by atoms with Gasteiger partial charge in [0.2, 0.25) is 0 Å². The van der Waals surface area contributed by atoms with Gasteiger partial charge in [0.05, 0.1) is 0 Å². The molecule has 0 aromatic heterocycles. The maximum atomic E-state index is 11.5. The van der Waals surface area contributed by atoms with Gasteiger partial charge in [0.1, 0.15) is 5.75 Å². The number of rotatable bonds is 1. The van der Waals surface area contributed by atoms with Crippen molar-refractivity contribution in [2.45, 2.75) is 44.4 Å². The van der Waals surface area contributed by atoms with Gasteiger partial charge in [-0.2, -0.15) is 0 Å². The van der Waals surface area contributed by atoms with E-state index in [9.17, 15) is 4.79 Å². The Hall–Kier alpha value is -1.77. The summed E-state index contributed by atoms with van der Waals surface area (Å²) in [5.74, 6) is 1.60. The van der Waals surface area contributed by atoms with Gasteiger partial charge in [-0.15, -0.1) is 0 Å². The number of benzene rings is 1. The standard InChI is InChI=1S/C17H21NO2/c1-17(2,3)12-7-8-13(20-16(19)18-4)15-11-6-5-10(9-11)14(12)15/h5-8,10-11H,9H2,1-4H3,(H,18,19).